The summed E-state index contributed by atoms with van der Waals surface area (Å²) in [4.78, 5) is 36.0. The largest absolute Gasteiger partial charge is 0.497 e. The Labute approximate surface area is 161 Å². The first-order valence-corrected chi connectivity index (χ1v) is 8.85. The van der Waals surface area contributed by atoms with Crippen LogP contribution in [0.25, 0.3) is 0 Å². The average molecular weight is 384 g/mol. The molecule has 3 rings (SSSR count). The molecule has 146 valence electrons. The molecule has 0 unspecified atom stereocenters. The first kappa shape index (κ1) is 19.3. The van der Waals surface area contributed by atoms with Crippen molar-refractivity contribution in [3.63, 3.8) is 0 Å². The summed E-state index contributed by atoms with van der Waals surface area (Å²) in [7, 11) is 1.62. The normalized spacial score (nSPS) is 14.5. The van der Waals surface area contributed by atoms with Crippen LogP contribution in [0.5, 0.6) is 5.75 Å². The Kier molecular flexibility index (Phi) is 5.58. The Morgan fingerprint density at radius 1 is 1.14 bits per heavy atom. The van der Waals surface area contributed by atoms with Crippen molar-refractivity contribution in [3.8, 4) is 5.75 Å². The number of amides is 1. The molecule has 8 heteroatoms. The number of carboxylic acid groups (broad SMARTS) is 1. The molecule has 1 N–H and O–H groups in total. The zero-order chi connectivity index (χ0) is 20.3. The van der Waals surface area contributed by atoms with E-state index in [2.05, 4.69) is 0 Å². The van der Waals surface area contributed by atoms with E-state index in [1.165, 1.54) is 6.07 Å². The van der Waals surface area contributed by atoms with Crippen LogP contribution < -0.4 is 4.74 Å². The second-order valence-electron chi connectivity index (χ2n) is 6.67. The van der Waals surface area contributed by atoms with E-state index in [9.17, 15) is 19.7 Å². The fraction of sp³-hybridized carbons (Fsp3) is 0.300. The van der Waals surface area contributed by atoms with Crippen LogP contribution >= 0.6 is 0 Å². The van der Waals surface area contributed by atoms with Crippen molar-refractivity contribution in [2.75, 3.05) is 20.2 Å². The average Bonchev–Trinajstić information content (AvgIpc) is 2.73. The van der Waals surface area contributed by atoms with Crippen LogP contribution in [0.3, 0.4) is 0 Å². The zero-order valence-electron chi connectivity index (χ0n) is 15.3. The molecule has 0 atom stereocenters. The van der Waals surface area contributed by atoms with Gasteiger partial charge in [-0.3, -0.25) is 14.9 Å². The standard InChI is InChI=1S/C20H20N2O6/c1-28-18-4-2-3-14(12-18)13-5-7-21(8-6-13)19(23)15-9-16(20(24)25)11-17(10-15)22(26)27/h2-4,9-13H,5-8H2,1H3,(H,24,25). The van der Waals surface area contributed by atoms with E-state index >= 15 is 0 Å². The molecule has 0 aromatic heterocycles. The Balaban J connectivity index is 1.74. The first-order valence-electron chi connectivity index (χ1n) is 8.85. The van der Waals surface area contributed by atoms with Crippen molar-refractivity contribution in [3.05, 3.63) is 69.3 Å². The summed E-state index contributed by atoms with van der Waals surface area (Å²) in [6.07, 6.45) is 1.50. The Morgan fingerprint density at radius 3 is 2.43 bits per heavy atom. The number of carbonyl (C=O) groups is 2. The van der Waals surface area contributed by atoms with Crippen molar-refractivity contribution >= 4 is 17.6 Å². The number of nitrogens with zero attached hydrogens (tertiary/aromatic N) is 2. The number of rotatable bonds is 5. The molecule has 1 fully saturated rings. The highest BCUT2D eigenvalue weighted by Crippen LogP contribution is 2.31. The number of carbonyl (C=O) groups excluding carboxylic acids is 1. The van der Waals surface area contributed by atoms with Gasteiger partial charge in [-0.25, -0.2) is 4.79 Å². The number of piperidine rings is 1. The van der Waals surface area contributed by atoms with Crippen LogP contribution in [0, 0.1) is 10.1 Å². The van der Waals surface area contributed by atoms with E-state index in [-0.39, 0.29) is 11.1 Å². The number of hydrogen-bond acceptors (Lipinski definition) is 5. The molecule has 0 aliphatic carbocycles. The summed E-state index contributed by atoms with van der Waals surface area (Å²) in [5, 5.41) is 20.2. The fourth-order valence-electron chi connectivity index (χ4n) is 3.46. The molecule has 1 heterocycles. The van der Waals surface area contributed by atoms with E-state index in [0.29, 0.717) is 19.0 Å². The summed E-state index contributed by atoms with van der Waals surface area (Å²) >= 11 is 0. The van der Waals surface area contributed by atoms with E-state index in [0.717, 1.165) is 36.3 Å². The van der Waals surface area contributed by atoms with Gasteiger partial charge in [0.05, 0.1) is 17.6 Å². The van der Waals surface area contributed by atoms with Crippen LogP contribution in [-0.2, 0) is 0 Å². The lowest BCUT2D eigenvalue weighted by molar-refractivity contribution is -0.384. The number of ether oxygens (including phenoxy) is 1. The third kappa shape index (κ3) is 4.11. The molecule has 1 amide bonds. The molecule has 0 saturated carbocycles. The maximum absolute atomic E-state index is 12.8. The first-order chi connectivity index (χ1) is 13.4. The van der Waals surface area contributed by atoms with Gasteiger partial charge in [-0.15, -0.1) is 0 Å². The van der Waals surface area contributed by atoms with Gasteiger partial charge in [-0.1, -0.05) is 12.1 Å². The molecule has 8 nitrogen and oxygen atoms in total. The molecule has 1 aliphatic rings. The summed E-state index contributed by atoms with van der Waals surface area (Å²) < 4.78 is 5.26. The maximum Gasteiger partial charge on any atom is 0.335 e. The smallest absolute Gasteiger partial charge is 0.335 e. The number of benzene rings is 2. The lowest BCUT2D eigenvalue weighted by Crippen LogP contribution is -2.38. The minimum atomic E-state index is -1.31. The molecule has 1 saturated heterocycles. The van der Waals surface area contributed by atoms with Crippen molar-refractivity contribution in [2.45, 2.75) is 18.8 Å². The topological polar surface area (TPSA) is 110 Å². The molecule has 2 aromatic carbocycles. The number of nitro groups is 1. The van der Waals surface area contributed by atoms with Gasteiger partial charge in [0.2, 0.25) is 0 Å². The molecule has 1 aliphatic heterocycles. The summed E-state index contributed by atoms with van der Waals surface area (Å²) in [5.41, 5.74) is 0.486. The summed E-state index contributed by atoms with van der Waals surface area (Å²) in [6, 6.07) is 11.1. The number of hydrogen-bond donors (Lipinski definition) is 1. The molecule has 0 spiro atoms. The van der Waals surface area contributed by atoms with Gasteiger partial charge < -0.3 is 14.7 Å². The van der Waals surface area contributed by atoms with Gasteiger partial charge in [0, 0.05) is 30.8 Å². The number of likely N-dealkylation sites (tertiary alicyclic amines) is 1. The Hall–Kier alpha value is -3.42. The number of nitro benzene ring substituents is 1. The lowest BCUT2D eigenvalue weighted by atomic mass is 9.89. The third-order valence-electron chi connectivity index (χ3n) is 4.97. The predicted molar refractivity (Wildman–Crippen MR) is 101 cm³/mol. The van der Waals surface area contributed by atoms with Crippen molar-refractivity contribution in [1.82, 2.24) is 4.90 Å². The lowest BCUT2D eigenvalue weighted by Gasteiger charge is -2.32. The molecular formula is C20H20N2O6. The van der Waals surface area contributed by atoms with Gasteiger partial charge in [-0.2, -0.15) is 0 Å². The van der Waals surface area contributed by atoms with Crippen molar-refractivity contribution in [1.29, 1.82) is 0 Å². The minimum Gasteiger partial charge on any atom is -0.497 e. The van der Waals surface area contributed by atoms with Crippen LogP contribution in [0.2, 0.25) is 0 Å². The van der Waals surface area contributed by atoms with Gasteiger partial charge in [0.1, 0.15) is 5.75 Å². The van der Waals surface area contributed by atoms with Crippen molar-refractivity contribution < 1.29 is 24.4 Å². The van der Waals surface area contributed by atoms with Gasteiger partial charge in [0.25, 0.3) is 11.6 Å². The maximum atomic E-state index is 12.8. The molecule has 28 heavy (non-hydrogen) atoms. The van der Waals surface area contributed by atoms with Crippen molar-refractivity contribution in [2.24, 2.45) is 0 Å². The Bertz CT molecular complexity index is 886. The quantitative estimate of drug-likeness (QED) is 0.625. The zero-order valence-corrected chi connectivity index (χ0v) is 15.3. The highest BCUT2D eigenvalue weighted by Gasteiger charge is 2.26. The summed E-state index contributed by atoms with van der Waals surface area (Å²) in [6.45, 7) is 0.984. The monoisotopic (exact) mass is 384 g/mol. The van der Waals surface area contributed by atoms with Gasteiger partial charge >= 0.3 is 5.97 Å². The molecular weight excluding hydrogens is 364 g/mol. The number of aromatic carboxylic acids is 1. The predicted octanol–water partition coefficient (Wildman–Crippen LogP) is 3.32. The van der Waals surface area contributed by atoms with E-state index in [4.69, 9.17) is 9.84 Å². The van der Waals surface area contributed by atoms with Gasteiger partial charge in [0.15, 0.2) is 0 Å². The second-order valence-corrected chi connectivity index (χ2v) is 6.67. The van der Waals surface area contributed by atoms with Crippen LogP contribution in [0.15, 0.2) is 42.5 Å². The molecule has 2 aromatic rings. The van der Waals surface area contributed by atoms with Gasteiger partial charge in [-0.05, 0) is 42.5 Å². The Morgan fingerprint density at radius 2 is 1.82 bits per heavy atom. The highest BCUT2D eigenvalue weighted by atomic mass is 16.6. The number of methoxy groups -OCH3 is 1. The second kappa shape index (κ2) is 8.08. The molecule has 0 radical (unpaired) electrons. The van der Waals surface area contributed by atoms with Crippen LogP contribution in [-0.4, -0.2) is 47.0 Å². The minimum absolute atomic E-state index is 0.0198. The SMILES string of the molecule is COc1cccc(C2CCN(C(=O)c3cc(C(=O)O)cc([N+](=O)[O-])c3)CC2)c1. The number of non-ortho nitro benzene ring substituents is 1. The third-order valence-corrected chi connectivity index (χ3v) is 4.97. The molecule has 0 bridgehead atoms. The van der Waals surface area contributed by atoms with Crippen LogP contribution in [0.4, 0.5) is 5.69 Å². The fourth-order valence-corrected chi connectivity index (χ4v) is 3.46. The number of carboxylic acids is 1. The summed E-state index contributed by atoms with van der Waals surface area (Å²) in [5.74, 6) is -0.627. The van der Waals surface area contributed by atoms with E-state index in [1.54, 1.807) is 12.0 Å². The highest BCUT2D eigenvalue weighted by molar-refractivity contribution is 5.98. The van der Waals surface area contributed by atoms with Crippen LogP contribution in [0.1, 0.15) is 45.0 Å². The van der Waals surface area contributed by atoms with E-state index < -0.39 is 22.5 Å². The van der Waals surface area contributed by atoms with E-state index in [1.807, 2.05) is 24.3 Å².